The molecule has 0 amide bonds. The van der Waals surface area contributed by atoms with E-state index in [1.54, 1.807) is 12.5 Å². The van der Waals surface area contributed by atoms with E-state index in [-0.39, 0.29) is 0 Å². The number of furan rings is 1. The van der Waals surface area contributed by atoms with Crippen LogP contribution in [0, 0.1) is 0 Å². The van der Waals surface area contributed by atoms with Gasteiger partial charge in [-0.25, -0.2) is 0 Å². The number of rotatable bonds is 6. The Morgan fingerprint density at radius 1 is 1.41 bits per heavy atom. The molecule has 0 aromatic carbocycles. The molecule has 1 fully saturated rings. The zero-order valence-electron chi connectivity index (χ0n) is 13.1. The predicted molar refractivity (Wildman–Crippen MR) is 86.9 cm³/mol. The van der Waals surface area contributed by atoms with Gasteiger partial charge in [0.1, 0.15) is 5.76 Å². The molecule has 1 aliphatic heterocycles. The SMILES string of the molecule is C[C@@H](CCc1ccco1)N[C@@H]1CCCN(c2cccnn2)C1. The van der Waals surface area contributed by atoms with Gasteiger partial charge in [-0.15, -0.1) is 5.10 Å². The fourth-order valence-corrected chi connectivity index (χ4v) is 3.08. The van der Waals surface area contributed by atoms with Crippen LogP contribution in [0.2, 0.25) is 0 Å². The normalized spacial score (nSPS) is 20.0. The van der Waals surface area contributed by atoms with Crippen molar-refractivity contribution in [1.82, 2.24) is 15.5 Å². The Morgan fingerprint density at radius 3 is 3.14 bits per heavy atom. The zero-order valence-corrected chi connectivity index (χ0v) is 13.1. The number of nitrogens with one attached hydrogen (secondary N) is 1. The highest BCUT2D eigenvalue weighted by molar-refractivity contribution is 5.37. The highest BCUT2D eigenvalue weighted by Crippen LogP contribution is 2.17. The first-order chi connectivity index (χ1) is 10.8. The first kappa shape index (κ1) is 15.0. The van der Waals surface area contributed by atoms with Gasteiger partial charge in [0.2, 0.25) is 0 Å². The third-order valence-corrected chi connectivity index (χ3v) is 4.23. The Hall–Kier alpha value is -1.88. The molecule has 0 saturated carbocycles. The van der Waals surface area contributed by atoms with E-state index in [0.717, 1.165) is 37.5 Å². The molecular formula is C17H24N4O. The largest absolute Gasteiger partial charge is 0.469 e. The van der Waals surface area contributed by atoms with Crippen LogP contribution in [0.5, 0.6) is 0 Å². The average molecular weight is 300 g/mol. The van der Waals surface area contributed by atoms with E-state index in [2.05, 4.69) is 27.3 Å². The van der Waals surface area contributed by atoms with Crippen LogP contribution in [0.25, 0.3) is 0 Å². The van der Waals surface area contributed by atoms with Crippen molar-refractivity contribution in [2.24, 2.45) is 0 Å². The number of hydrogen-bond acceptors (Lipinski definition) is 5. The molecule has 2 atom stereocenters. The fraction of sp³-hybridized carbons (Fsp3) is 0.529. The van der Waals surface area contributed by atoms with Gasteiger partial charge in [0.15, 0.2) is 5.82 Å². The van der Waals surface area contributed by atoms with E-state index in [0.29, 0.717) is 12.1 Å². The third kappa shape index (κ3) is 4.07. The molecule has 0 unspecified atom stereocenters. The average Bonchev–Trinajstić information content (AvgIpc) is 3.08. The van der Waals surface area contributed by atoms with Crippen LogP contribution < -0.4 is 10.2 Å². The lowest BCUT2D eigenvalue weighted by atomic mass is 10.0. The maximum absolute atomic E-state index is 5.40. The molecule has 0 radical (unpaired) electrons. The summed E-state index contributed by atoms with van der Waals surface area (Å²) in [5, 5.41) is 12.0. The molecule has 0 aliphatic carbocycles. The summed E-state index contributed by atoms with van der Waals surface area (Å²) >= 11 is 0. The van der Waals surface area contributed by atoms with Crippen molar-refractivity contribution in [3.63, 3.8) is 0 Å². The van der Waals surface area contributed by atoms with E-state index in [4.69, 9.17) is 4.42 Å². The van der Waals surface area contributed by atoms with Crippen LogP contribution in [0.1, 0.15) is 31.9 Å². The molecule has 1 saturated heterocycles. The summed E-state index contributed by atoms with van der Waals surface area (Å²) in [4.78, 5) is 2.33. The Balaban J connectivity index is 1.47. The topological polar surface area (TPSA) is 54.2 Å². The lowest BCUT2D eigenvalue weighted by molar-refractivity contribution is 0.366. The molecule has 5 nitrogen and oxygen atoms in total. The van der Waals surface area contributed by atoms with Crippen LogP contribution in [0.15, 0.2) is 41.1 Å². The van der Waals surface area contributed by atoms with E-state index >= 15 is 0 Å². The quantitative estimate of drug-likeness (QED) is 0.889. The van der Waals surface area contributed by atoms with Crippen molar-refractivity contribution in [3.8, 4) is 0 Å². The van der Waals surface area contributed by atoms with Gasteiger partial charge in [0.05, 0.1) is 6.26 Å². The molecule has 3 heterocycles. The van der Waals surface area contributed by atoms with Gasteiger partial charge in [-0.05, 0) is 50.5 Å². The smallest absolute Gasteiger partial charge is 0.151 e. The van der Waals surface area contributed by atoms with Crippen LogP contribution in [-0.4, -0.2) is 35.4 Å². The lowest BCUT2D eigenvalue weighted by Crippen LogP contribution is -2.48. The minimum atomic E-state index is 0.483. The van der Waals surface area contributed by atoms with E-state index in [1.165, 1.54) is 12.8 Å². The summed E-state index contributed by atoms with van der Waals surface area (Å²) in [6.07, 6.45) is 7.96. The number of aromatic nitrogens is 2. The molecule has 22 heavy (non-hydrogen) atoms. The first-order valence-corrected chi connectivity index (χ1v) is 8.12. The highest BCUT2D eigenvalue weighted by Gasteiger charge is 2.22. The molecule has 1 aliphatic rings. The number of anilines is 1. The second-order valence-electron chi connectivity index (χ2n) is 6.05. The summed E-state index contributed by atoms with van der Waals surface area (Å²) in [5.74, 6) is 2.05. The molecule has 2 aromatic heterocycles. The molecule has 2 aromatic rings. The van der Waals surface area contributed by atoms with Crippen molar-refractivity contribution < 1.29 is 4.42 Å². The summed E-state index contributed by atoms with van der Waals surface area (Å²) in [6.45, 7) is 4.33. The fourth-order valence-electron chi connectivity index (χ4n) is 3.08. The minimum Gasteiger partial charge on any atom is -0.469 e. The van der Waals surface area contributed by atoms with Gasteiger partial charge in [-0.2, -0.15) is 5.10 Å². The highest BCUT2D eigenvalue weighted by atomic mass is 16.3. The van der Waals surface area contributed by atoms with Gasteiger partial charge in [0, 0.05) is 37.8 Å². The minimum absolute atomic E-state index is 0.483. The van der Waals surface area contributed by atoms with Crippen molar-refractivity contribution in [1.29, 1.82) is 0 Å². The van der Waals surface area contributed by atoms with Crippen LogP contribution in [0.4, 0.5) is 5.82 Å². The Kier molecular flexibility index (Phi) is 5.06. The van der Waals surface area contributed by atoms with Crippen LogP contribution in [-0.2, 0) is 6.42 Å². The number of nitrogens with zero attached hydrogens (tertiary/aromatic N) is 3. The van der Waals surface area contributed by atoms with Crippen molar-refractivity contribution in [3.05, 3.63) is 42.5 Å². The molecule has 118 valence electrons. The molecular weight excluding hydrogens is 276 g/mol. The summed E-state index contributed by atoms with van der Waals surface area (Å²) < 4.78 is 5.40. The van der Waals surface area contributed by atoms with Gasteiger partial charge in [-0.3, -0.25) is 0 Å². The second kappa shape index (κ2) is 7.40. The molecule has 1 N–H and O–H groups in total. The Bertz CT molecular complexity index is 543. The Morgan fingerprint density at radius 2 is 2.36 bits per heavy atom. The summed E-state index contributed by atoms with van der Waals surface area (Å²) in [7, 11) is 0. The Labute approximate surface area is 131 Å². The molecule has 5 heteroatoms. The first-order valence-electron chi connectivity index (χ1n) is 8.12. The number of hydrogen-bond donors (Lipinski definition) is 1. The predicted octanol–water partition coefficient (Wildman–Crippen LogP) is 2.65. The van der Waals surface area contributed by atoms with Crippen molar-refractivity contribution in [2.75, 3.05) is 18.0 Å². The monoisotopic (exact) mass is 300 g/mol. The van der Waals surface area contributed by atoms with E-state index in [1.807, 2.05) is 24.3 Å². The number of aryl methyl sites for hydroxylation is 1. The van der Waals surface area contributed by atoms with Gasteiger partial charge < -0.3 is 14.6 Å². The number of piperidine rings is 1. The van der Waals surface area contributed by atoms with Crippen molar-refractivity contribution in [2.45, 2.75) is 44.7 Å². The molecule has 0 bridgehead atoms. The van der Waals surface area contributed by atoms with Gasteiger partial charge in [-0.1, -0.05) is 0 Å². The van der Waals surface area contributed by atoms with Crippen molar-refractivity contribution >= 4 is 5.82 Å². The summed E-state index contributed by atoms with van der Waals surface area (Å²) in [5.41, 5.74) is 0. The standard InChI is InChI=1S/C17H24N4O/c1-14(8-9-16-6-4-12-22-16)19-15-5-3-11-21(13-15)17-7-2-10-18-20-17/h2,4,6-7,10,12,14-15,19H,3,5,8-9,11,13H2,1H3/t14-,15+/m0/s1. The van der Waals surface area contributed by atoms with Gasteiger partial charge >= 0.3 is 0 Å². The molecule has 3 rings (SSSR count). The molecule has 0 spiro atoms. The van der Waals surface area contributed by atoms with E-state index in [9.17, 15) is 0 Å². The lowest BCUT2D eigenvalue weighted by Gasteiger charge is -2.35. The van der Waals surface area contributed by atoms with Crippen LogP contribution in [0.3, 0.4) is 0 Å². The maximum atomic E-state index is 5.40. The van der Waals surface area contributed by atoms with Crippen LogP contribution >= 0.6 is 0 Å². The maximum Gasteiger partial charge on any atom is 0.151 e. The van der Waals surface area contributed by atoms with Gasteiger partial charge in [0.25, 0.3) is 0 Å². The van der Waals surface area contributed by atoms with E-state index < -0.39 is 0 Å². The third-order valence-electron chi connectivity index (χ3n) is 4.23. The second-order valence-corrected chi connectivity index (χ2v) is 6.05. The zero-order chi connectivity index (χ0) is 15.2. The summed E-state index contributed by atoms with van der Waals surface area (Å²) in [6, 6.07) is 8.98.